The zero-order valence-corrected chi connectivity index (χ0v) is 16.8. The van der Waals surface area contributed by atoms with Gasteiger partial charge in [-0.2, -0.15) is 10.2 Å². The summed E-state index contributed by atoms with van der Waals surface area (Å²) in [4.78, 5) is 17.2. The highest BCUT2D eigenvalue weighted by molar-refractivity contribution is 6.06. The van der Waals surface area contributed by atoms with Crippen molar-refractivity contribution in [2.75, 3.05) is 5.73 Å². The van der Waals surface area contributed by atoms with Crippen LogP contribution in [0.3, 0.4) is 0 Å². The van der Waals surface area contributed by atoms with Crippen LogP contribution in [-0.2, 0) is 17.9 Å². The molecule has 0 saturated heterocycles. The van der Waals surface area contributed by atoms with Crippen LogP contribution in [0.25, 0.3) is 0 Å². The van der Waals surface area contributed by atoms with Gasteiger partial charge < -0.3 is 21.9 Å². The number of anilines is 1. The molecule has 3 aromatic carbocycles. The van der Waals surface area contributed by atoms with Crippen molar-refractivity contribution in [1.29, 1.82) is 0 Å². The zero-order valence-electron chi connectivity index (χ0n) is 16.8. The lowest BCUT2D eigenvalue weighted by molar-refractivity contribution is -0.121. The molecule has 0 fully saturated rings. The normalized spacial score (nSPS) is 12.6. The maximum absolute atomic E-state index is 12.9. The molecule has 1 unspecified atom stereocenters. The van der Waals surface area contributed by atoms with Crippen molar-refractivity contribution >= 4 is 23.1 Å². The zero-order chi connectivity index (χ0) is 22.1. The number of rotatable bonds is 8. The summed E-state index contributed by atoms with van der Waals surface area (Å²) in [6.07, 6.45) is 0. The molecule has 0 bridgehead atoms. The molecule has 0 aliphatic carbocycles. The number of nitrogen functional groups attached to an aromatic ring is 1. The average molecular weight is 416 g/mol. The molecule has 31 heavy (non-hydrogen) atoms. The quantitative estimate of drug-likeness (QED) is 0.194. The molecule has 158 valence electrons. The number of phenolic OH excluding ortho intramolecular Hbond substituents is 1. The molecular formula is C23H24N6O2. The van der Waals surface area contributed by atoms with Crippen molar-refractivity contribution in [3.63, 3.8) is 0 Å². The molecule has 8 heteroatoms. The number of carbonyl (C=O) groups excluding carboxylic acids is 1. The van der Waals surface area contributed by atoms with E-state index in [0.717, 1.165) is 5.56 Å². The Kier molecular flexibility index (Phi) is 7.31. The minimum absolute atomic E-state index is 0.0550. The third kappa shape index (κ3) is 6.40. The molecule has 0 spiro atoms. The predicted octanol–water partition coefficient (Wildman–Crippen LogP) is 3.30. The Morgan fingerprint density at radius 1 is 1.00 bits per heavy atom. The number of aromatic hydroxyl groups is 1. The standard InChI is InChI=1S/C23H24N6O2/c24-20-13-19(30)12-11-17(20)15-27-23(31)21(29-28-18-9-5-2-6-10-18)22(25)26-14-16-7-3-1-4-8-16/h1-13,21,30H,14-15,24H2,(H2,25,26)(H,27,31). The number of hydrogen-bond donors (Lipinski definition) is 4. The SMILES string of the molecule is NC(=NCc1ccccc1)C(N=Nc1ccccc1)C(=O)NCc1ccc(O)cc1N. The first kappa shape index (κ1) is 21.5. The van der Waals surface area contributed by atoms with Gasteiger partial charge in [0.05, 0.1) is 12.2 Å². The summed E-state index contributed by atoms with van der Waals surface area (Å²) >= 11 is 0. The van der Waals surface area contributed by atoms with Crippen LogP contribution in [0.2, 0.25) is 0 Å². The molecule has 0 heterocycles. The number of amides is 1. The van der Waals surface area contributed by atoms with Crippen molar-refractivity contribution in [2.45, 2.75) is 19.1 Å². The number of nitrogens with one attached hydrogen (secondary N) is 1. The topological polar surface area (TPSA) is 138 Å². The van der Waals surface area contributed by atoms with Gasteiger partial charge in [0.2, 0.25) is 6.04 Å². The second-order valence-electron chi connectivity index (χ2n) is 6.78. The van der Waals surface area contributed by atoms with Gasteiger partial charge in [-0.25, -0.2) is 0 Å². The minimum atomic E-state index is -1.10. The number of nitrogens with zero attached hydrogens (tertiary/aromatic N) is 3. The lowest BCUT2D eigenvalue weighted by Gasteiger charge is -2.13. The number of aliphatic imine (C=N–C) groups is 1. The van der Waals surface area contributed by atoms with Crippen molar-refractivity contribution in [2.24, 2.45) is 21.0 Å². The van der Waals surface area contributed by atoms with Gasteiger partial charge in [0.15, 0.2) is 0 Å². The van der Waals surface area contributed by atoms with Gasteiger partial charge in [-0.1, -0.05) is 54.6 Å². The highest BCUT2D eigenvalue weighted by atomic mass is 16.3. The number of phenols is 1. The van der Waals surface area contributed by atoms with Gasteiger partial charge in [0.1, 0.15) is 11.6 Å². The van der Waals surface area contributed by atoms with Crippen LogP contribution in [0.5, 0.6) is 5.75 Å². The smallest absolute Gasteiger partial charge is 0.254 e. The number of azo groups is 1. The van der Waals surface area contributed by atoms with E-state index in [9.17, 15) is 9.90 Å². The summed E-state index contributed by atoms with van der Waals surface area (Å²) in [5.74, 6) is -0.347. The molecule has 0 aromatic heterocycles. The van der Waals surface area contributed by atoms with Crippen LogP contribution in [0.4, 0.5) is 11.4 Å². The Balaban J connectivity index is 1.76. The van der Waals surface area contributed by atoms with E-state index in [1.165, 1.54) is 12.1 Å². The molecule has 0 saturated carbocycles. The fourth-order valence-electron chi connectivity index (χ4n) is 2.74. The largest absolute Gasteiger partial charge is 0.508 e. The Labute approximate surface area is 180 Å². The van der Waals surface area contributed by atoms with Gasteiger partial charge >= 0.3 is 0 Å². The van der Waals surface area contributed by atoms with Gasteiger partial charge in [-0.3, -0.25) is 9.79 Å². The molecular weight excluding hydrogens is 392 g/mol. The first-order valence-corrected chi connectivity index (χ1v) is 9.67. The van der Waals surface area contributed by atoms with Crippen LogP contribution in [-0.4, -0.2) is 22.9 Å². The minimum Gasteiger partial charge on any atom is -0.508 e. The van der Waals surface area contributed by atoms with E-state index in [0.29, 0.717) is 23.5 Å². The second-order valence-corrected chi connectivity index (χ2v) is 6.78. The van der Waals surface area contributed by atoms with Crippen LogP contribution in [0.15, 0.2) is 94.1 Å². The van der Waals surface area contributed by atoms with Gasteiger partial charge in [-0.05, 0) is 29.3 Å². The monoisotopic (exact) mass is 416 g/mol. The highest BCUT2D eigenvalue weighted by Gasteiger charge is 2.22. The average Bonchev–Trinajstić information content (AvgIpc) is 2.78. The van der Waals surface area contributed by atoms with Crippen molar-refractivity contribution in [1.82, 2.24) is 5.32 Å². The summed E-state index contributed by atoms with van der Waals surface area (Å²) < 4.78 is 0. The number of amidine groups is 1. The highest BCUT2D eigenvalue weighted by Crippen LogP contribution is 2.18. The van der Waals surface area contributed by atoms with E-state index >= 15 is 0 Å². The number of nitrogens with two attached hydrogens (primary N) is 2. The Morgan fingerprint density at radius 3 is 2.35 bits per heavy atom. The number of benzene rings is 3. The van der Waals surface area contributed by atoms with Crippen LogP contribution >= 0.6 is 0 Å². The van der Waals surface area contributed by atoms with E-state index in [-0.39, 0.29) is 18.1 Å². The van der Waals surface area contributed by atoms with E-state index < -0.39 is 11.9 Å². The van der Waals surface area contributed by atoms with Crippen LogP contribution in [0.1, 0.15) is 11.1 Å². The van der Waals surface area contributed by atoms with E-state index in [1.807, 2.05) is 48.5 Å². The first-order chi connectivity index (χ1) is 15.0. The molecule has 0 radical (unpaired) electrons. The summed E-state index contributed by atoms with van der Waals surface area (Å²) in [6, 6.07) is 22.1. The van der Waals surface area contributed by atoms with Crippen LogP contribution < -0.4 is 16.8 Å². The van der Waals surface area contributed by atoms with E-state index in [1.54, 1.807) is 18.2 Å². The summed E-state index contributed by atoms with van der Waals surface area (Å²) in [6.45, 7) is 0.469. The molecule has 3 rings (SSSR count). The van der Waals surface area contributed by atoms with Gasteiger partial charge in [0, 0.05) is 18.3 Å². The van der Waals surface area contributed by atoms with Gasteiger partial charge in [-0.15, -0.1) is 0 Å². The lowest BCUT2D eigenvalue weighted by atomic mass is 10.1. The Morgan fingerprint density at radius 2 is 1.68 bits per heavy atom. The third-order valence-electron chi connectivity index (χ3n) is 4.44. The first-order valence-electron chi connectivity index (χ1n) is 9.67. The molecule has 6 N–H and O–H groups in total. The van der Waals surface area contributed by atoms with Crippen molar-refractivity contribution in [3.8, 4) is 5.75 Å². The fourth-order valence-corrected chi connectivity index (χ4v) is 2.74. The Hall–Kier alpha value is -4.20. The van der Waals surface area contributed by atoms with Gasteiger partial charge in [0.25, 0.3) is 5.91 Å². The van der Waals surface area contributed by atoms with E-state index in [4.69, 9.17) is 11.5 Å². The number of carbonyl (C=O) groups is 1. The molecule has 1 amide bonds. The van der Waals surface area contributed by atoms with Crippen molar-refractivity contribution in [3.05, 3.63) is 90.0 Å². The maximum Gasteiger partial charge on any atom is 0.254 e. The summed E-state index contributed by atoms with van der Waals surface area (Å²) in [7, 11) is 0. The van der Waals surface area contributed by atoms with Crippen LogP contribution in [0, 0.1) is 0 Å². The number of hydrogen-bond acceptors (Lipinski definition) is 6. The fraction of sp³-hybridized carbons (Fsp3) is 0.130. The molecule has 3 aromatic rings. The Bertz CT molecular complexity index is 1070. The molecule has 0 aliphatic rings. The maximum atomic E-state index is 12.9. The lowest BCUT2D eigenvalue weighted by Crippen LogP contribution is -2.42. The summed E-state index contributed by atoms with van der Waals surface area (Å²) in [5, 5.41) is 20.5. The third-order valence-corrected chi connectivity index (χ3v) is 4.44. The predicted molar refractivity (Wildman–Crippen MR) is 121 cm³/mol. The molecule has 0 aliphatic heterocycles. The van der Waals surface area contributed by atoms with E-state index in [2.05, 4.69) is 20.5 Å². The summed E-state index contributed by atoms with van der Waals surface area (Å²) in [5.41, 5.74) is 14.6. The van der Waals surface area contributed by atoms with Crippen molar-refractivity contribution < 1.29 is 9.90 Å². The second kappa shape index (κ2) is 10.5. The molecule has 8 nitrogen and oxygen atoms in total. The molecule has 1 atom stereocenters.